The first-order chi connectivity index (χ1) is 7.68. The summed E-state index contributed by atoms with van der Waals surface area (Å²) in [7, 11) is 0. The number of rotatable bonds is 6. The highest BCUT2D eigenvalue weighted by Crippen LogP contribution is 2.02. The van der Waals surface area contributed by atoms with Gasteiger partial charge in [-0.05, 0) is 12.5 Å². The van der Waals surface area contributed by atoms with Gasteiger partial charge in [0.1, 0.15) is 0 Å². The maximum atomic E-state index is 10.4. The van der Waals surface area contributed by atoms with E-state index in [9.17, 15) is 4.79 Å². The zero-order valence-corrected chi connectivity index (χ0v) is 9.30. The molecular weight excluding hydrogens is 204 g/mol. The van der Waals surface area contributed by atoms with Crippen molar-refractivity contribution in [2.45, 2.75) is 19.4 Å². The SMILES string of the molecule is C[C@@H](CC(=O)O)OC/C=C/c1ccccc1. The molecule has 0 aromatic heterocycles. The Balaban J connectivity index is 2.25. The van der Waals surface area contributed by atoms with Crippen molar-refractivity contribution in [2.24, 2.45) is 0 Å². The highest BCUT2D eigenvalue weighted by atomic mass is 16.5. The molecule has 1 atom stereocenters. The van der Waals surface area contributed by atoms with Crippen molar-refractivity contribution in [3.05, 3.63) is 42.0 Å². The van der Waals surface area contributed by atoms with Crippen LogP contribution < -0.4 is 0 Å². The van der Waals surface area contributed by atoms with Crippen molar-refractivity contribution >= 4 is 12.0 Å². The second-order valence-corrected chi connectivity index (χ2v) is 3.55. The molecule has 0 spiro atoms. The number of carboxylic acid groups (broad SMARTS) is 1. The van der Waals surface area contributed by atoms with Crippen molar-refractivity contribution in [3.8, 4) is 0 Å². The Hall–Kier alpha value is -1.61. The summed E-state index contributed by atoms with van der Waals surface area (Å²) in [5.74, 6) is -0.834. The van der Waals surface area contributed by atoms with Crippen LogP contribution in [0.5, 0.6) is 0 Å². The summed E-state index contributed by atoms with van der Waals surface area (Å²) >= 11 is 0. The summed E-state index contributed by atoms with van der Waals surface area (Å²) in [6, 6.07) is 9.89. The summed E-state index contributed by atoms with van der Waals surface area (Å²) in [4.78, 5) is 10.4. The van der Waals surface area contributed by atoms with E-state index in [1.165, 1.54) is 0 Å². The maximum absolute atomic E-state index is 10.4. The van der Waals surface area contributed by atoms with Gasteiger partial charge in [-0.1, -0.05) is 42.5 Å². The van der Waals surface area contributed by atoms with E-state index >= 15 is 0 Å². The Bertz CT molecular complexity index is 343. The molecule has 1 aromatic carbocycles. The van der Waals surface area contributed by atoms with E-state index in [0.717, 1.165) is 5.56 Å². The van der Waals surface area contributed by atoms with Gasteiger partial charge in [0.05, 0.1) is 19.1 Å². The molecule has 0 aliphatic carbocycles. The van der Waals surface area contributed by atoms with E-state index in [1.807, 2.05) is 42.5 Å². The minimum absolute atomic E-state index is 0.0409. The molecule has 0 aliphatic rings. The van der Waals surface area contributed by atoms with Gasteiger partial charge in [-0.3, -0.25) is 4.79 Å². The maximum Gasteiger partial charge on any atom is 0.305 e. The molecule has 0 saturated heterocycles. The fraction of sp³-hybridized carbons (Fsp3) is 0.308. The van der Waals surface area contributed by atoms with Crippen LogP contribution >= 0.6 is 0 Å². The van der Waals surface area contributed by atoms with Crippen LogP contribution in [0.25, 0.3) is 6.08 Å². The summed E-state index contributed by atoms with van der Waals surface area (Å²) in [6.45, 7) is 2.19. The van der Waals surface area contributed by atoms with Crippen LogP contribution in [0.4, 0.5) is 0 Å². The van der Waals surface area contributed by atoms with Crippen LogP contribution in [0.15, 0.2) is 36.4 Å². The zero-order valence-electron chi connectivity index (χ0n) is 9.30. The molecule has 1 N–H and O–H groups in total. The van der Waals surface area contributed by atoms with Gasteiger partial charge >= 0.3 is 5.97 Å². The fourth-order valence-electron chi connectivity index (χ4n) is 1.27. The summed E-state index contributed by atoms with van der Waals surface area (Å²) < 4.78 is 5.31. The summed E-state index contributed by atoms with van der Waals surface area (Å²) in [5, 5.41) is 8.52. The van der Waals surface area contributed by atoms with Gasteiger partial charge in [-0.2, -0.15) is 0 Å². The van der Waals surface area contributed by atoms with Crippen LogP contribution in [-0.4, -0.2) is 23.8 Å². The number of hydrogen-bond acceptors (Lipinski definition) is 2. The van der Waals surface area contributed by atoms with Gasteiger partial charge in [-0.25, -0.2) is 0 Å². The minimum atomic E-state index is -0.834. The normalized spacial score (nSPS) is 12.8. The predicted octanol–water partition coefficient (Wildman–Crippen LogP) is 2.58. The van der Waals surface area contributed by atoms with Crippen LogP contribution in [0, 0.1) is 0 Å². The quantitative estimate of drug-likeness (QED) is 0.801. The number of ether oxygens (including phenoxy) is 1. The number of aliphatic carboxylic acids is 1. The number of benzene rings is 1. The smallest absolute Gasteiger partial charge is 0.305 e. The van der Waals surface area contributed by atoms with Gasteiger partial charge in [-0.15, -0.1) is 0 Å². The molecule has 0 radical (unpaired) electrons. The number of carbonyl (C=O) groups is 1. The third kappa shape index (κ3) is 5.32. The van der Waals surface area contributed by atoms with Crippen molar-refractivity contribution in [3.63, 3.8) is 0 Å². The van der Waals surface area contributed by atoms with Crippen molar-refractivity contribution in [2.75, 3.05) is 6.61 Å². The molecule has 0 amide bonds. The molecule has 0 fully saturated rings. The lowest BCUT2D eigenvalue weighted by atomic mass is 10.2. The van der Waals surface area contributed by atoms with Crippen LogP contribution in [0.3, 0.4) is 0 Å². The molecule has 1 aromatic rings. The first-order valence-corrected chi connectivity index (χ1v) is 5.23. The third-order valence-corrected chi connectivity index (χ3v) is 2.05. The largest absolute Gasteiger partial charge is 0.481 e. The lowest BCUT2D eigenvalue weighted by Gasteiger charge is -2.07. The van der Waals surface area contributed by atoms with E-state index in [-0.39, 0.29) is 12.5 Å². The van der Waals surface area contributed by atoms with Crippen LogP contribution in [0.1, 0.15) is 18.9 Å². The molecule has 0 heterocycles. The third-order valence-electron chi connectivity index (χ3n) is 2.05. The highest BCUT2D eigenvalue weighted by Gasteiger charge is 2.05. The van der Waals surface area contributed by atoms with E-state index in [0.29, 0.717) is 6.61 Å². The van der Waals surface area contributed by atoms with Crippen molar-refractivity contribution in [1.82, 2.24) is 0 Å². The second kappa shape index (κ2) is 6.80. The summed E-state index contributed by atoms with van der Waals surface area (Å²) in [6.07, 6.45) is 3.62. The minimum Gasteiger partial charge on any atom is -0.481 e. The molecule has 0 saturated carbocycles. The van der Waals surface area contributed by atoms with E-state index in [1.54, 1.807) is 6.92 Å². The standard InChI is InChI=1S/C13H16O3/c1-11(10-13(14)15)16-9-5-8-12-6-3-2-4-7-12/h2-8,11H,9-10H2,1H3,(H,14,15)/b8-5+/t11-/m0/s1. The Kier molecular flexibility index (Phi) is 5.29. The highest BCUT2D eigenvalue weighted by molar-refractivity contribution is 5.67. The molecule has 86 valence electrons. The molecule has 3 heteroatoms. The van der Waals surface area contributed by atoms with Gasteiger partial charge in [0.25, 0.3) is 0 Å². The first-order valence-electron chi connectivity index (χ1n) is 5.23. The van der Waals surface area contributed by atoms with Crippen LogP contribution in [-0.2, 0) is 9.53 Å². The lowest BCUT2D eigenvalue weighted by Crippen LogP contribution is -2.13. The van der Waals surface area contributed by atoms with E-state index in [2.05, 4.69) is 0 Å². The number of carboxylic acids is 1. The first kappa shape index (κ1) is 12.5. The molecule has 0 bridgehead atoms. The zero-order chi connectivity index (χ0) is 11.8. The Morgan fingerprint density at radius 3 is 2.75 bits per heavy atom. The van der Waals surface area contributed by atoms with Gasteiger partial charge in [0.15, 0.2) is 0 Å². The molecular formula is C13H16O3. The molecule has 16 heavy (non-hydrogen) atoms. The average Bonchev–Trinajstić information content (AvgIpc) is 2.25. The van der Waals surface area contributed by atoms with Gasteiger partial charge in [0.2, 0.25) is 0 Å². The molecule has 1 rings (SSSR count). The monoisotopic (exact) mass is 220 g/mol. The molecule has 3 nitrogen and oxygen atoms in total. The Labute approximate surface area is 95.4 Å². The topological polar surface area (TPSA) is 46.5 Å². The number of hydrogen-bond donors (Lipinski definition) is 1. The van der Waals surface area contributed by atoms with Crippen LogP contribution in [0.2, 0.25) is 0 Å². The van der Waals surface area contributed by atoms with Crippen molar-refractivity contribution in [1.29, 1.82) is 0 Å². The van der Waals surface area contributed by atoms with Gasteiger partial charge < -0.3 is 9.84 Å². The fourth-order valence-corrected chi connectivity index (χ4v) is 1.27. The predicted molar refractivity (Wildman–Crippen MR) is 63.1 cm³/mol. The second-order valence-electron chi connectivity index (χ2n) is 3.55. The van der Waals surface area contributed by atoms with Crippen molar-refractivity contribution < 1.29 is 14.6 Å². The Morgan fingerprint density at radius 1 is 1.44 bits per heavy atom. The van der Waals surface area contributed by atoms with Gasteiger partial charge in [0, 0.05) is 0 Å². The Morgan fingerprint density at radius 2 is 2.12 bits per heavy atom. The summed E-state index contributed by atoms with van der Waals surface area (Å²) in [5.41, 5.74) is 1.11. The lowest BCUT2D eigenvalue weighted by molar-refractivity contribution is -0.139. The average molecular weight is 220 g/mol. The van der Waals surface area contributed by atoms with E-state index in [4.69, 9.17) is 9.84 Å². The molecule has 0 aliphatic heterocycles. The molecule has 0 unspecified atom stereocenters. The van der Waals surface area contributed by atoms with E-state index < -0.39 is 5.97 Å².